The van der Waals surface area contributed by atoms with E-state index in [0.717, 1.165) is 29.7 Å². The van der Waals surface area contributed by atoms with E-state index in [2.05, 4.69) is 9.97 Å². The number of amides is 2. The van der Waals surface area contributed by atoms with E-state index in [1.54, 1.807) is 11.9 Å². The minimum atomic E-state index is -0.623. The highest BCUT2D eigenvalue weighted by Gasteiger charge is 2.38. The Hall–Kier alpha value is -2.41. The Kier molecular flexibility index (Phi) is 5.03. The Morgan fingerprint density at radius 3 is 2.88 bits per heavy atom. The molecule has 2 atom stereocenters. The van der Waals surface area contributed by atoms with Gasteiger partial charge in [-0.1, -0.05) is 12.1 Å². The number of aliphatic hydroxyl groups excluding tert-OH is 1. The Morgan fingerprint density at radius 1 is 1.40 bits per heavy atom. The lowest BCUT2D eigenvalue weighted by Crippen LogP contribution is -2.46. The van der Waals surface area contributed by atoms with Crippen LogP contribution in [0.25, 0.3) is 11.0 Å². The molecule has 0 radical (unpaired) electrons. The number of nitrogens with one attached hydrogen (secondary N) is 1. The number of carbonyl (C=O) groups is 2. The predicted octanol–water partition coefficient (Wildman–Crippen LogP) is 0.936. The quantitative estimate of drug-likeness (QED) is 0.845. The highest BCUT2D eigenvalue weighted by atomic mass is 16.3. The summed E-state index contributed by atoms with van der Waals surface area (Å²) in [6, 6.07) is 7.32. The van der Waals surface area contributed by atoms with Gasteiger partial charge >= 0.3 is 0 Å². The van der Waals surface area contributed by atoms with Crippen molar-refractivity contribution in [1.29, 1.82) is 0 Å². The van der Waals surface area contributed by atoms with Crippen molar-refractivity contribution in [3.8, 4) is 0 Å². The van der Waals surface area contributed by atoms with Crippen molar-refractivity contribution in [3.05, 3.63) is 30.1 Å². The first kappa shape index (κ1) is 17.4. The molecule has 0 spiro atoms. The third-order valence-electron chi connectivity index (χ3n) is 4.69. The second-order valence-electron chi connectivity index (χ2n) is 6.64. The molecule has 7 nitrogen and oxygen atoms in total. The lowest BCUT2D eigenvalue weighted by molar-refractivity contribution is -0.141. The second kappa shape index (κ2) is 7.23. The van der Waals surface area contributed by atoms with Crippen LogP contribution in [0.1, 0.15) is 25.6 Å². The molecule has 0 unspecified atom stereocenters. The average molecular weight is 344 g/mol. The molecule has 1 aromatic carbocycles. The predicted molar refractivity (Wildman–Crippen MR) is 93.9 cm³/mol. The van der Waals surface area contributed by atoms with E-state index < -0.39 is 12.1 Å². The number of para-hydroxylation sites is 2. The van der Waals surface area contributed by atoms with E-state index in [1.165, 1.54) is 11.8 Å². The summed E-state index contributed by atoms with van der Waals surface area (Å²) in [5.41, 5.74) is 1.96. The summed E-state index contributed by atoms with van der Waals surface area (Å²) in [5.74, 6) is 0.616. The molecular weight excluding hydrogens is 320 g/mol. The zero-order valence-corrected chi connectivity index (χ0v) is 14.6. The number of β-amino-alcohol motifs (C(OH)–C–C–N with tert-alkyl or cyclic N) is 1. The van der Waals surface area contributed by atoms with Crippen LogP contribution in [0.2, 0.25) is 0 Å². The Balaban J connectivity index is 1.54. The number of hydrogen-bond acceptors (Lipinski definition) is 4. The zero-order chi connectivity index (χ0) is 18.0. The molecule has 0 aliphatic carbocycles. The van der Waals surface area contributed by atoms with Crippen LogP contribution in [-0.4, -0.2) is 69.0 Å². The number of aromatic amines is 1. The number of rotatable bonds is 5. The molecule has 1 fully saturated rings. The molecule has 1 aliphatic heterocycles. The highest BCUT2D eigenvalue weighted by Crippen LogP contribution is 2.20. The summed E-state index contributed by atoms with van der Waals surface area (Å²) in [5, 5.41) is 9.77. The lowest BCUT2D eigenvalue weighted by atomic mass is 10.1. The third-order valence-corrected chi connectivity index (χ3v) is 4.69. The summed E-state index contributed by atoms with van der Waals surface area (Å²) < 4.78 is 0. The second-order valence-corrected chi connectivity index (χ2v) is 6.64. The molecule has 7 heteroatoms. The molecule has 1 aliphatic rings. The van der Waals surface area contributed by atoms with Gasteiger partial charge in [-0.3, -0.25) is 9.59 Å². The average Bonchev–Trinajstić information content (AvgIpc) is 3.16. The van der Waals surface area contributed by atoms with Gasteiger partial charge in [0.25, 0.3) is 0 Å². The summed E-state index contributed by atoms with van der Waals surface area (Å²) in [7, 11) is 1.74. The number of aryl methyl sites for hydroxylation is 1. The standard InChI is InChI=1S/C18H24N4O3/c1-12(23)22-11-13(24)10-16(22)18(25)21(2)9-5-8-17-19-14-6-3-4-7-15(14)20-17/h3-4,6-7,13,16,24H,5,8-11H2,1-2H3,(H,19,20)/t13-,16-/m1/s1. The fourth-order valence-corrected chi connectivity index (χ4v) is 3.37. The van der Waals surface area contributed by atoms with Gasteiger partial charge in [-0.05, 0) is 18.6 Å². The topological polar surface area (TPSA) is 89.5 Å². The number of benzene rings is 1. The number of hydrogen-bond donors (Lipinski definition) is 2. The van der Waals surface area contributed by atoms with E-state index >= 15 is 0 Å². The molecule has 2 aromatic rings. The number of aromatic nitrogens is 2. The number of H-pyrrole nitrogens is 1. The van der Waals surface area contributed by atoms with Crippen LogP contribution < -0.4 is 0 Å². The monoisotopic (exact) mass is 344 g/mol. The van der Waals surface area contributed by atoms with Crippen LogP contribution in [0.15, 0.2) is 24.3 Å². The van der Waals surface area contributed by atoms with E-state index in [4.69, 9.17) is 0 Å². The van der Waals surface area contributed by atoms with Crippen molar-refractivity contribution < 1.29 is 14.7 Å². The van der Waals surface area contributed by atoms with E-state index in [0.29, 0.717) is 13.0 Å². The van der Waals surface area contributed by atoms with Crippen molar-refractivity contribution in [2.45, 2.75) is 38.3 Å². The minimum Gasteiger partial charge on any atom is -0.391 e. The van der Waals surface area contributed by atoms with E-state index in [-0.39, 0.29) is 18.4 Å². The SMILES string of the molecule is CC(=O)N1C[C@H](O)C[C@@H]1C(=O)N(C)CCCc1nc2ccccc2[nH]1. The van der Waals surface area contributed by atoms with Gasteiger partial charge in [-0.25, -0.2) is 4.98 Å². The highest BCUT2D eigenvalue weighted by molar-refractivity contribution is 5.87. The van der Waals surface area contributed by atoms with Gasteiger partial charge in [0.2, 0.25) is 11.8 Å². The van der Waals surface area contributed by atoms with Crippen LogP contribution in [0.3, 0.4) is 0 Å². The normalized spacial score (nSPS) is 20.2. The molecule has 134 valence electrons. The Labute approximate surface area is 146 Å². The number of aliphatic hydroxyl groups is 1. The van der Waals surface area contributed by atoms with Crippen LogP contribution in [0, 0.1) is 0 Å². The van der Waals surface area contributed by atoms with Crippen LogP contribution >= 0.6 is 0 Å². The van der Waals surface area contributed by atoms with Gasteiger partial charge in [-0.15, -0.1) is 0 Å². The fourth-order valence-electron chi connectivity index (χ4n) is 3.37. The first-order chi connectivity index (χ1) is 12.0. The molecule has 0 bridgehead atoms. The van der Waals surface area contributed by atoms with Gasteiger partial charge in [-0.2, -0.15) is 0 Å². The van der Waals surface area contributed by atoms with Gasteiger partial charge < -0.3 is 19.9 Å². The zero-order valence-electron chi connectivity index (χ0n) is 14.6. The molecule has 3 rings (SSSR count). The molecule has 2 amide bonds. The van der Waals surface area contributed by atoms with Crippen molar-refractivity contribution >= 4 is 22.8 Å². The summed E-state index contributed by atoms with van der Waals surface area (Å²) >= 11 is 0. The van der Waals surface area contributed by atoms with Crippen LogP contribution in [0.4, 0.5) is 0 Å². The van der Waals surface area contributed by atoms with Crippen LogP contribution in [0.5, 0.6) is 0 Å². The van der Waals surface area contributed by atoms with Crippen LogP contribution in [-0.2, 0) is 16.0 Å². The van der Waals surface area contributed by atoms with Crippen molar-refractivity contribution in [2.75, 3.05) is 20.1 Å². The number of imidazole rings is 1. The molecular formula is C18H24N4O3. The van der Waals surface area contributed by atoms with E-state index in [1.807, 2.05) is 24.3 Å². The summed E-state index contributed by atoms with van der Waals surface area (Å²) in [6.45, 7) is 2.24. The Bertz CT molecular complexity index is 740. The van der Waals surface area contributed by atoms with Crippen molar-refractivity contribution in [2.24, 2.45) is 0 Å². The first-order valence-electron chi connectivity index (χ1n) is 8.59. The van der Waals surface area contributed by atoms with E-state index in [9.17, 15) is 14.7 Å². The molecule has 2 N–H and O–H groups in total. The summed E-state index contributed by atoms with van der Waals surface area (Å²) in [4.78, 5) is 35.1. The fraction of sp³-hybridized carbons (Fsp3) is 0.500. The van der Waals surface area contributed by atoms with Gasteiger partial charge in [0, 0.05) is 39.9 Å². The molecule has 0 saturated carbocycles. The van der Waals surface area contributed by atoms with Gasteiger partial charge in [0.1, 0.15) is 11.9 Å². The molecule has 1 saturated heterocycles. The van der Waals surface area contributed by atoms with Gasteiger partial charge in [0.05, 0.1) is 17.1 Å². The minimum absolute atomic E-state index is 0.114. The molecule has 1 aromatic heterocycles. The maximum Gasteiger partial charge on any atom is 0.245 e. The third kappa shape index (κ3) is 3.82. The maximum absolute atomic E-state index is 12.6. The number of fused-ring (bicyclic) bond motifs is 1. The number of carbonyl (C=O) groups excluding carboxylic acids is 2. The maximum atomic E-state index is 12.6. The van der Waals surface area contributed by atoms with Gasteiger partial charge in [0.15, 0.2) is 0 Å². The number of likely N-dealkylation sites (N-methyl/N-ethyl adjacent to an activating group) is 1. The summed E-state index contributed by atoms with van der Waals surface area (Å²) in [6.07, 6.45) is 1.21. The van der Waals surface area contributed by atoms with Crippen molar-refractivity contribution in [1.82, 2.24) is 19.8 Å². The number of likely N-dealkylation sites (tertiary alicyclic amines) is 1. The Morgan fingerprint density at radius 2 is 2.16 bits per heavy atom. The largest absolute Gasteiger partial charge is 0.391 e. The molecule has 25 heavy (non-hydrogen) atoms. The first-order valence-corrected chi connectivity index (χ1v) is 8.59. The smallest absolute Gasteiger partial charge is 0.245 e. The number of nitrogens with zero attached hydrogens (tertiary/aromatic N) is 3. The lowest BCUT2D eigenvalue weighted by Gasteiger charge is -2.26. The molecule has 2 heterocycles. The van der Waals surface area contributed by atoms with Crippen molar-refractivity contribution in [3.63, 3.8) is 0 Å².